The molecule has 0 unspecified atom stereocenters. The highest BCUT2D eigenvalue weighted by atomic mass is 32.1. The number of carbonyl (C=O) groups excluding carboxylic acids is 1. The second-order valence-electron chi connectivity index (χ2n) is 4.15. The van der Waals surface area contributed by atoms with E-state index in [1.807, 2.05) is 0 Å². The molecule has 6 nitrogen and oxygen atoms in total. The van der Waals surface area contributed by atoms with E-state index < -0.39 is 27.3 Å². The molecule has 7 heteroatoms. The number of nitro groups is 1. The largest absolute Gasteiger partial charge is 0.478 e. The number of carboxylic acid groups (broad SMARTS) is 1. The minimum absolute atomic E-state index is 0.164. The van der Waals surface area contributed by atoms with Gasteiger partial charge in [0.2, 0.25) is 5.12 Å². The highest BCUT2D eigenvalue weighted by Gasteiger charge is 2.24. The Balaban J connectivity index is 2.86. The van der Waals surface area contributed by atoms with E-state index in [0.717, 1.165) is 6.07 Å². The molecule has 0 spiro atoms. The van der Waals surface area contributed by atoms with Crippen molar-refractivity contribution in [3.63, 3.8) is 0 Å². The number of benzene rings is 2. The van der Waals surface area contributed by atoms with Gasteiger partial charge in [-0.3, -0.25) is 14.9 Å². The first kappa shape index (κ1) is 14.7. The molecule has 0 aromatic heterocycles. The van der Waals surface area contributed by atoms with E-state index in [4.69, 9.17) is 0 Å². The molecule has 2 aromatic rings. The zero-order valence-electron chi connectivity index (χ0n) is 10.5. The molecule has 0 heterocycles. The lowest BCUT2D eigenvalue weighted by molar-refractivity contribution is -0.384. The summed E-state index contributed by atoms with van der Waals surface area (Å²) in [6, 6.07) is 10.4. The van der Waals surface area contributed by atoms with E-state index in [9.17, 15) is 24.8 Å². The SMILES string of the molecule is O=C(O)c1cc([N+](=O)[O-])cc(-c2ccccc2)c1C(=O)S. The fourth-order valence-corrected chi connectivity index (χ4v) is 2.22. The molecular weight excluding hydrogens is 294 g/mol. The average Bonchev–Trinajstić information content (AvgIpc) is 2.46. The molecule has 0 aliphatic rings. The Morgan fingerprint density at radius 2 is 1.76 bits per heavy atom. The number of hydrogen-bond donors (Lipinski definition) is 2. The van der Waals surface area contributed by atoms with Crippen LogP contribution in [0.5, 0.6) is 0 Å². The van der Waals surface area contributed by atoms with Gasteiger partial charge in [0.1, 0.15) is 0 Å². The summed E-state index contributed by atoms with van der Waals surface area (Å²) >= 11 is 3.69. The highest BCUT2D eigenvalue weighted by molar-refractivity contribution is 7.97. The van der Waals surface area contributed by atoms with Gasteiger partial charge in [0.05, 0.1) is 16.1 Å². The van der Waals surface area contributed by atoms with Gasteiger partial charge in [-0.1, -0.05) is 30.3 Å². The van der Waals surface area contributed by atoms with Crippen LogP contribution in [-0.4, -0.2) is 21.1 Å². The van der Waals surface area contributed by atoms with Gasteiger partial charge < -0.3 is 5.11 Å². The first-order valence-corrected chi connectivity index (χ1v) is 6.21. The van der Waals surface area contributed by atoms with Crippen molar-refractivity contribution in [2.24, 2.45) is 0 Å². The summed E-state index contributed by atoms with van der Waals surface area (Å²) in [5.74, 6) is -1.42. The van der Waals surface area contributed by atoms with Crippen LogP contribution < -0.4 is 0 Å². The van der Waals surface area contributed by atoms with E-state index in [-0.39, 0.29) is 11.1 Å². The molecule has 2 aromatic carbocycles. The van der Waals surface area contributed by atoms with Gasteiger partial charge in [0.15, 0.2) is 0 Å². The molecule has 21 heavy (non-hydrogen) atoms. The monoisotopic (exact) mass is 303 g/mol. The third-order valence-electron chi connectivity index (χ3n) is 2.86. The van der Waals surface area contributed by atoms with Crippen molar-refractivity contribution in [3.8, 4) is 11.1 Å². The van der Waals surface area contributed by atoms with Crippen LogP contribution >= 0.6 is 12.6 Å². The molecule has 0 amide bonds. The highest BCUT2D eigenvalue weighted by Crippen LogP contribution is 2.32. The van der Waals surface area contributed by atoms with Gasteiger partial charge in [0.25, 0.3) is 5.69 Å². The molecule has 106 valence electrons. The van der Waals surface area contributed by atoms with E-state index in [1.54, 1.807) is 30.3 Å². The van der Waals surface area contributed by atoms with Crippen LogP contribution in [0.3, 0.4) is 0 Å². The second kappa shape index (κ2) is 5.76. The van der Waals surface area contributed by atoms with Crippen LogP contribution in [0.15, 0.2) is 42.5 Å². The summed E-state index contributed by atoms with van der Waals surface area (Å²) in [5.41, 5.74) is -0.335. The Hall–Kier alpha value is -2.67. The molecule has 0 saturated carbocycles. The number of rotatable bonds is 4. The van der Waals surface area contributed by atoms with Gasteiger partial charge in [-0.15, -0.1) is 12.6 Å². The Kier molecular flexibility index (Phi) is 4.04. The molecule has 0 fully saturated rings. The molecule has 0 saturated heterocycles. The maximum Gasteiger partial charge on any atom is 0.336 e. The normalized spacial score (nSPS) is 10.1. The maximum absolute atomic E-state index is 11.7. The van der Waals surface area contributed by atoms with Crippen LogP contribution in [0.4, 0.5) is 5.69 Å². The third-order valence-corrected chi connectivity index (χ3v) is 3.09. The van der Waals surface area contributed by atoms with Crippen molar-refractivity contribution in [3.05, 3.63) is 63.7 Å². The van der Waals surface area contributed by atoms with Crippen LogP contribution in [0, 0.1) is 10.1 Å². The van der Waals surface area contributed by atoms with Gasteiger partial charge in [-0.2, -0.15) is 0 Å². The number of carbonyl (C=O) groups is 2. The fourth-order valence-electron chi connectivity index (χ4n) is 1.98. The molecule has 0 aliphatic heterocycles. The van der Waals surface area contributed by atoms with Crippen molar-refractivity contribution in [1.82, 2.24) is 0 Å². The number of nitro benzene ring substituents is 1. The van der Waals surface area contributed by atoms with E-state index >= 15 is 0 Å². The molecular formula is C14H9NO5S. The lowest BCUT2D eigenvalue weighted by Gasteiger charge is -2.10. The standard InChI is InChI=1S/C14H9NO5S/c16-13(17)11-7-9(15(19)20)6-10(12(11)14(18)21)8-4-2-1-3-5-8/h1-7H,(H,16,17)(H,18,21). The predicted octanol–water partition coefficient (Wildman–Crippen LogP) is 3.03. The van der Waals surface area contributed by atoms with Crippen molar-refractivity contribution in [2.75, 3.05) is 0 Å². The number of nitrogens with zero attached hydrogens (tertiary/aromatic N) is 1. The number of hydrogen-bond acceptors (Lipinski definition) is 4. The second-order valence-corrected chi connectivity index (χ2v) is 4.56. The molecule has 0 aliphatic carbocycles. The summed E-state index contributed by atoms with van der Waals surface area (Å²) in [5, 5.41) is 19.4. The topological polar surface area (TPSA) is 97.5 Å². The number of carboxylic acids is 1. The van der Waals surface area contributed by atoms with E-state index in [2.05, 4.69) is 12.6 Å². The quantitative estimate of drug-likeness (QED) is 0.514. The third kappa shape index (κ3) is 2.92. The van der Waals surface area contributed by atoms with Crippen molar-refractivity contribution < 1.29 is 19.6 Å². The molecule has 1 N–H and O–H groups in total. The lowest BCUT2D eigenvalue weighted by atomic mass is 9.95. The molecule has 0 atom stereocenters. The first-order valence-electron chi connectivity index (χ1n) is 5.76. The minimum atomic E-state index is -1.42. The predicted molar refractivity (Wildman–Crippen MR) is 78.8 cm³/mol. The molecule has 2 rings (SSSR count). The number of aromatic carboxylic acids is 1. The van der Waals surface area contributed by atoms with Crippen LogP contribution in [0.2, 0.25) is 0 Å². The van der Waals surface area contributed by atoms with Crippen LogP contribution in [0.1, 0.15) is 20.7 Å². The van der Waals surface area contributed by atoms with Crippen LogP contribution in [0.25, 0.3) is 11.1 Å². The summed E-state index contributed by atoms with van der Waals surface area (Å²) in [7, 11) is 0. The molecule has 0 radical (unpaired) electrons. The Morgan fingerprint density at radius 3 is 2.24 bits per heavy atom. The fraction of sp³-hybridized carbons (Fsp3) is 0. The number of thiol groups is 1. The summed E-state index contributed by atoms with van der Waals surface area (Å²) in [4.78, 5) is 33.2. The molecule has 0 bridgehead atoms. The van der Waals surface area contributed by atoms with Crippen molar-refractivity contribution in [1.29, 1.82) is 0 Å². The Bertz CT molecular complexity index is 743. The van der Waals surface area contributed by atoms with E-state index in [0.29, 0.717) is 5.56 Å². The van der Waals surface area contributed by atoms with Gasteiger partial charge in [0, 0.05) is 17.7 Å². The van der Waals surface area contributed by atoms with Crippen molar-refractivity contribution in [2.45, 2.75) is 0 Å². The Labute approximate surface area is 124 Å². The van der Waals surface area contributed by atoms with Crippen LogP contribution in [-0.2, 0) is 0 Å². The Morgan fingerprint density at radius 1 is 1.14 bits per heavy atom. The lowest BCUT2D eigenvalue weighted by Crippen LogP contribution is -2.08. The summed E-state index contributed by atoms with van der Waals surface area (Å²) < 4.78 is 0. The van der Waals surface area contributed by atoms with E-state index in [1.165, 1.54) is 6.07 Å². The summed E-state index contributed by atoms with van der Waals surface area (Å²) in [6.45, 7) is 0. The summed E-state index contributed by atoms with van der Waals surface area (Å²) in [6.07, 6.45) is 0. The van der Waals surface area contributed by atoms with Gasteiger partial charge in [-0.25, -0.2) is 4.79 Å². The number of non-ortho nitro benzene ring substituents is 1. The zero-order valence-corrected chi connectivity index (χ0v) is 11.4. The zero-order chi connectivity index (χ0) is 15.6. The van der Waals surface area contributed by atoms with Gasteiger partial charge >= 0.3 is 5.97 Å². The minimum Gasteiger partial charge on any atom is -0.478 e. The van der Waals surface area contributed by atoms with Crippen molar-refractivity contribution >= 4 is 29.4 Å². The maximum atomic E-state index is 11.7. The smallest absolute Gasteiger partial charge is 0.336 e. The van der Waals surface area contributed by atoms with Gasteiger partial charge in [-0.05, 0) is 5.56 Å². The first-order chi connectivity index (χ1) is 9.91. The average molecular weight is 303 g/mol.